The zero-order valence-corrected chi connectivity index (χ0v) is 12.8. The van der Waals surface area contributed by atoms with Crippen LogP contribution in [0.5, 0.6) is 0 Å². The molecule has 0 fully saturated rings. The van der Waals surface area contributed by atoms with Crippen LogP contribution in [0.15, 0.2) is 36.9 Å². The molecule has 0 saturated heterocycles. The van der Waals surface area contributed by atoms with Gasteiger partial charge in [-0.3, -0.25) is 14.5 Å². The lowest BCUT2D eigenvalue weighted by Gasteiger charge is -2.33. The number of amides is 2. The largest absolute Gasteiger partial charge is 0.353 e. The molecule has 1 aromatic rings. The second kappa shape index (κ2) is 5.73. The average Bonchev–Trinajstić information content (AvgIpc) is 2.72. The molecule has 2 rings (SSSR count). The first-order valence-electron chi connectivity index (χ1n) is 6.81. The number of likely N-dealkylation sites (N-methyl/N-ethyl adjacent to an activating group) is 1. The molecular weight excluding hydrogens is 284 g/mol. The van der Waals surface area contributed by atoms with Crippen molar-refractivity contribution < 1.29 is 19.2 Å². The minimum atomic E-state index is -1.02. The third-order valence-corrected chi connectivity index (χ3v) is 3.90. The van der Waals surface area contributed by atoms with Crippen molar-refractivity contribution in [3.63, 3.8) is 0 Å². The Morgan fingerprint density at radius 2 is 1.77 bits per heavy atom. The quantitative estimate of drug-likeness (QED) is 0.611. The van der Waals surface area contributed by atoms with Crippen LogP contribution in [0.3, 0.4) is 0 Å². The van der Waals surface area contributed by atoms with Crippen molar-refractivity contribution >= 4 is 17.8 Å². The Labute approximate surface area is 128 Å². The van der Waals surface area contributed by atoms with E-state index in [0.29, 0.717) is 11.5 Å². The van der Waals surface area contributed by atoms with Gasteiger partial charge in [-0.15, -0.1) is 6.58 Å². The predicted octanol–water partition coefficient (Wildman–Crippen LogP) is 1.64. The van der Waals surface area contributed by atoms with Crippen LogP contribution in [-0.4, -0.2) is 47.4 Å². The van der Waals surface area contributed by atoms with Crippen molar-refractivity contribution in [1.82, 2.24) is 9.96 Å². The SMILES string of the molecule is C=CCC(C)(C(=O)ON1C(=O)c2ccccc2C1=O)N(C)C. The summed E-state index contributed by atoms with van der Waals surface area (Å²) >= 11 is 0. The summed E-state index contributed by atoms with van der Waals surface area (Å²) in [6.45, 7) is 5.28. The number of benzene rings is 1. The number of fused-ring (bicyclic) bond motifs is 1. The molecule has 6 heteroatoms. The van der Waals surface area contributed by atoms with E-state index < -0.39 is 23.3 Å². The van der Waals surface area contributed by atoms with Crippen molar-refractivity contribution in [3.8, 4) is 0 Å². The molecule has 0 saturated carbocycles. The van der Waals surface area contributed by atoms with E-state index in [1.807, 2.05) is 0 Å². The van der Waals surface area contributed by atoms with Crippen LogP contribution in [-0.2, 0) is 9.63 Å². The molecule has 1 unspecified atom stereocenters. The molecule has 0 N–H and O–H groups in total. The van der Waals surface area contributed by atoms with Gasteiger partial charge < -0.3 is 4.84 Å². The fourth-order valence-corrected chi connectivity index (χ4v) is 2.16. The highest BCUT2D eigenvalue weighted by molar-refractivity contribution is 6.21. The van der Waals surface area contributed by atoms with Crippen LogP contribution >= 0.6 is 0 Å². The molecule has 22 heavy (non-hydrogen) atoms. The normalized spacial score (nSPS) is 16.5. The van der Waals surface area contributed by atoms with Gasteiger partial charge in [0.15, 0.2) is 0 Å². The first-order chi connectivity index (χ1) is 10.3. The number of hydrogen-bond acceptors (Lipinski definition) is 5. The molecule has 0 aliphatic carbocycles. The molecule has 0 aromatic heterocycles. The summed E-state index contributed by atoms with van der Waals surface area (Å²) in [7, 11) is 3.43. The maximum atomic E-state index is 12.4. The lowest BCUT2D eigenvalue weighted by atomic mass is 9.97. The summed E-state index contributed by atoms with van der Waals surface area (Å²) in [5.74, 6) is -1.95. The maximum absolute atomic E-state index is 12.4. The van der Waals surface area contributed by atoms with Crippen LogP contribution in [0.1, 0.15) is 34.1 Å². The van der Waals surface area contributed by atoms with Gasteiger partial charge in [-0.1, -0.05) is 23.3 Å². The van der Waals surface area contributed by atoms with E-state index in [0.717, 1.165) is 0 Å². The number of carbonyl (C=O) groups is 3. The van der Waals surface area contributed by atoms with E-state index >= 15 is 0 Å². The molecule has 0 bridgehead atoms. The van der Waals surface area contributed by atoms with Gasteiger partial charge >= 0.3 is 5.97 Å². The van der Waals surface area contributed by atoms with Gasteiger partial charge in [-0.25, -0.2) is 4.79 Å². The van der Waals surface area contributed by atoms with Crippen molar-refractivity contribution in [2.24, 2.45) is 0 Å². The Hall–Kier alpha value is -2.47. The molecule has 1 heterocycles. The Kier molecular flexibility index (Phi) is 4.14. The van der Waals surface area contributed by atoms with Crippen molar-refractivity contribution in [2.45, 2.75) is 18.9 Å². The Morgan fingerprint density at radius 1 is 1.27 bits per heavy atom. The lowest BCUT2D eigenvalue weighted by Crippen LogP contribution is -2.51. The number of hydrogen-bond donors (Lipinski definition) is 0. The predicted molar refractivity (Wildman–Crippen MR) is 79.9 cm³/mol. The summed E-state index contributed by atoms with van der Waals surface area (Å²) in [4.78, 5) is 43.6. The highest BCUT2D eigenvalue weighted by atomic mass is 16.7. The lowest BCUT2D eigenvalue weighted by molar-refractivity contribution is -0.180. The van der Waals surface area contributed by atoms with Gasteiger partial charge in [0.25, 0.3) is 11.8 Å². The Balaban J connectivity index is 2.25. The molecule has 1 aliphatic rings. The Morgan fingerprint density at radius 3 is 2.18 bits per heavy atom. The number of nitrogens with zero attached hydrogens (tertiary/aromatic N) is 2. The van der Waals surface area contributed by atoms with Gasteiger partial charge in [-0.2, -0.15) is 0 Å². The highest BCUT2D eigenvalue weighted by Gasteiger charge is 2.43. The smallest absolute Gasteiger partial charge is 0.328 e. The van der Waals surface area contributed by atoms with E-state index in [1.165, 1.54) is 12.1 Å². The fourth-order valence-electron chi connectivity index (χ4n) is 2.16. The topological polar surface area (TPSA) is 66.9 Å². The minimum Gasteiger partial charge on any atom is -0.328 e. The van der Waals surface area contributed by atoms with Gasteiger partial charge in [-0.05, 0) is 39.6 Å². The first-order valence-corrected chi connectivity index (χ1v) is 6.81. The summed E-state index contributed by atoms with van der Waals surface area (Å²) in [5, 5.41) is 0.526. The van der Waals surface area contributed by atoms with Crippen molar-refractivity contribution in [3.05, 3.63) is 48.0 Å². The third kappa shape index (κ3) is 2.42. The molecule has 0 radical (unpaired) electrons. The molecule has 116 valence electrons. The van der Waals surface area contributed by atoms with E-state index in [-0.39, 0.29) is 11.1 Å². The number of carbonyl (C=O) groups excluding carboxylic acids is 3. The van der Waals surface area contributed by atoms with Crippen molar-refractivity contribution in [2.75, 3.05) is 14.1 Å². The summed E-state index contributed by atoms with van der Waals surface area (Å²) in [6, 6.07) is 6.35. The van der Waals surface area contributed by atoms with Crippen LogP contribution < -0.4 is 0 Å². The Bertz CT molecular complexity index is 618. The van der Waals surface area contributed by atoms with Gasteiger partial charge in [0.1, 0.15) is 5.54 Å². The summed E-state index contributed by atoms with van der Waals surface area (Å²) in [5.41, 5.74) is -0.553. The maximum Gasteiger partial charge on any atom is 0.353 e. The van der Waals surface area contributed by atoms with Gasteiger partial charge in [0.2, 0.25) is 0 Å². The van der Waals surface area contributed by atoms with Crippen LogP contribution in [0.2, 0.25) is 0 Å². The van der Waals surface area contributed by atoms with E-state index in [9.17, 15) is 14.4 Å². The van der Waals surface area contributed by atoms with Gasteiger partial charge in [0, 0.05) is 0 Å². The molecule has 1 atom stereocenters. The van der Waals surface area contributed by atoms with Crippen molar-refractivity contribution in [1.29, 1.82) is 0 Å². The molecule has 0 spiro atoms. The van der Waals surface area contributed by atoms with Crippen LogP contribution in [0, 0.1) is 0 Å². The number of rotatable bonds is 5. The minimum absolute atomic E-state index is 0.232. The third-order valence-electron chi connectivity index (χ3n) is 3.90. The zero-order valence-electron chi connectivity index (χ0n) is 12.8. The fraction of sp³-hybridized carbons (Fsp3) is 0.312. The summed E-state index contributed by atoms with van der Waals surface area (Å²) in [6.07, 6.45) is 1.91. The second-order valence-electron chi connectivity index (χ2n) is 5.49. The second-order valence-corrected chi connectivity index (χ2v) is 5.49. The zero-order chi connectivity index (χ0) is 16.5. The molecular formula is C16H18N2O4. The molecule has 1 aromatic carbocycles. The first kappa shape index (κ1) is 15.9. The summed E-state index contributed by atoms with van der Waals surface area (Å²) < 4.78 is 0. The molecule has 6 nitrogen and oxygen atoms in total. The average molecular weight is 302 g/mol. The number of imide groups is 1. The molecule has 1 aliphatic heterocycles. The van der Waals surface area contributed by atoms with E-state index in [4.69, 9.17) is 4.84 Å². The van der Waals surface area contributed by atoms with E-state index in [1.54, 1.807) is 44.1 Å². The number of hydroxylamine groups is 2. The highest BCUT2D eigenvalue weighted by Crippen LogP contribution is 2.25. The van der Waals surface area contributed by atoms with Crippen LogP contribution in [0.25, 0.3) is 0 Å². The monoisotopic (exact) mass is 302 g/mol. The van der Waals surface area contributed by atoms with Crippen LogP contribution in [0.4, 0.5) is 0 Å². The molecule has 2 amide bonds. The standard InChI is InChI=1S/C16H18N2O4/c1-5-10-16(2,17(3)4)15(21)22-18-13(19)11-8-6-7-9-12(11)14(18)20/h5-9H,1,10H2,2-4H3. The van der Waals surface area contributed by atoms with Gasteiger partial charge in [0.05, 0.1) is 11.1 Å². The van der Waals surface area contributed by atoms with E-state index in [2.05, 4.69) is 6.58 Å².